The van der Waals surface area contributed by atoms with Crippen molar-refractivity contribution in [2.75, 3.05) is 0 Å². The number of nitrogens with zero attached hydrogens (tertiary/aromatic N) is 5. The predicted molar refractivity (Wildman–Crippen MR) is 95.8 cm³/mol. The van der Waals surface area contributed by atoms with E-state index in [0.717, 1.165) is 40.1 Å². The molecule has 156 valence electrons. The summed E-state index contributed by atoms with van der Waals surface area (Å²) < 4.78 is 81.3. The fourth-order valence-electron chi connectivity index (χ4n) is 2.96. The van der Waals surface area contributed by atoms with Gasteiger partial charge in [0.05, 0.1) is 24.3 Å². The zero-order valence-corrected chi connectivity index (χ0v) is 16.0. The number of sulfonamides is 1. The molecule has 0 unspecified atom stereocenters. The number of rotatable bonds is 4. The van der Waals surface area contributed by atoms with E-state index in [2.05, 4.69) is 15.2 Å². The zero-order chi connectivity index (χ0) is 21.7. The lowest BCUT2D eigenvalue weighted by Gasteiger charge is -2.07. The minimum atomic E-state index is -4.66. The SMILES string of the molecule is Cn1ncc2cc(F)cc([NH2+]S(=O)(=O)c3cnn(-c4ccnc(C(F)(F)F)c4)c3)c21. The molecule has 0 saturated carbocycles. The summed E-state index contributed by atoms with van der Waals surface area (Å²) in [5, 5.41) is 8.25. The number of halogens is 4. The Kier molecular flexibility index (Phi) is 4.58. The normalized spacial score (nSPS) is 12.6. The number of aryl methyl sites for hydroxylation is 1. The van der Waals surface area contributed by atoms with Gasteiger partial charge in [0.15, 0.2) is 10.6 Å². The third-order valence-corrected chi connectivity index (χ3v) is 5.73. The molecule has 3 heterocycles. The van der Waals surface area contributed by atoms with Gasteiger partial charge in [0.2, 0.25) is 0 Å². The molecule has 0 spiro atoms. The van der Waals surface area contributed by atoms with E-state index in [4.69, 9.17) is 0 Å². The molecule has 1 aromatic carbocycles. The van der Waals surface area contributed by atoms with Crippen molar-refractivity contribution in [3.05, 3.63) is 60.6 Å². The van der Waals surface area contributed by atoms with Crippen molar-refractivity contribution < 1.29 is 30.7 Å². The molecular formula is C17H13F4N6O2S+. The number of primary sulfonamides is 1. The van der Waals surface area contributed by atoms with Crippen LogP contribution in [0.2, 0.25) is 0 Å². The van der Waals surface area contributed by atoms with Gasteiger partial charge in [-0.15, -0.1) is 0 Å². The molecule has 0 saturated heterocycles. The van der Waals surface area contributed by atoms with Crippen LogP contribution in [0.4, 0.5) is 23.2 Å². The fraction of sp³-hybridized carbons (Fsp3) is 0.118. The zero-order valence-electron chi connectivity index (χ0n) is 15.2. The molecular weight excluding hydrogens is 428 g/mol. The molecule has 0 radical (unpaired) electrons. The van der Waals surface area contributed by atoms with Crippen LogP contribution in [0.5, 0.6) is 0 Å². The lowest BCUT2D eigenvalue weighted by molar-refractivity contribution is -0.395. The van der Waals surface area contributed by atoms with Gasteiger partial charge in [-0.25, -0.2) is 13.8 Å². The first-order valence-corrected chi connectivity index (χ1v) is 9.88. The van der Waals surface area contributed by atoms with Crippen LogP contribution >= 0.6 is 0 Å². The molecule has 0 fully saturated rings. The standard InChI is InChI=1S/C17H12F4N6O2S/c1-26-16-10(7-23-26)4-11(18)5-14(16)25-30(28,29)13-8-24-27(9-13)12-2-3-22-15(6-12)17(19,20)21/h2-9,25H,1H3/p+1. The third kappa shape index (κ3) is 3.64. The lowest BCUT2D eigenvalue weighted by Crippen LogP contribution is -2.81. The van der Waals surface area contributed by atoms with E-state index >= 15 is 0 Å². The van der Waals surface area contributed by atoms with Crippen molar-refractivity contribution in [1.82, 2.24) is 24.5 Å². The minimum Gasteiger partial charge on any atom is -0.262 e. The van der Waals surface area contributed by atoms with Crippen molar-refractivity contribution in [1.29, 1.82) is 0 Å². The van der Waals surface area contributed by atoms with Crippen molar-refractivity contribution in [3.8, 4) is 5.69 Å². The van der Waals surface area contributed by atoms with E-state index in [1.165, 1.54) is 23.0 Å². The molecule has 4 aromatic rings. The Bertz CT molecular complexity index is 1360. The van der Waals surface area contributed by atoms with Crippen molar-refractivity contribution in [3.63, 3.8) is 0 Å². The number of nitrogens with two attached hydrogens (primary N) is 1. The molecule has 0 bridgehead atoms. The van der Waals surface area contributed by atoms with Gasteiger partial charge < -0.3 is 0 Å². The maximum absolute atomic E-state index is 13.9. The van der Waals surface area contributed by atoms with Crippen LogP contribution in [0.25, 0.3) is 16.6 Å². The summed E-state index contributed by atoms with van der Waals surface area (Å²) >= 11 is 0. The number of fused-ring (bicyclic) bond motifs is 1. The molecule has 8 nitrogen and oxygen atoms in total. The maximum Gasteiger partial charge on any atom is 0.433 e. The largest absolute Gasteiger partial charge is 0.433 e. The highest BCUT2D eigenvalue weighted by atomic mass is 32.2. The molecule has 2 N–H and O–H groups in total. The van der Waals surface area contributed by atoms with Gasteiger partial charge in [0.1, 0.15) is 17.0 Å². The van der Waals surface area contributed by atoms with Crippen LogP contribution in [0.1, 0.15) is 5.69 Å². The molecule has 0 amide bonds. The summed E-state index contributed by atoms with van der Waals surface area (Å²) in [4.78, 5) is 2.98. The van der Waals surface area contributed by atoms with Gasteiger partial charge in [0.25, 0.3) is 0 Å². The van der Waals surface area contributed by atoms with Crippen LogP contribution in [0.15, 0.2) is 53.9 Å². The number of hydrogen-bond donors (Lipinski definition) is 1. The quantitative estimate of drug-likeness (QED) is 0.385. The highest BCUT2D eigenvalue weighted by molar-refractivity contribution is 7.85. The number of alkyl halides is 3. The van der Waals surface area contributed by atoms with Crippen LogP contribution < -0.4 is 4.72 Å². The Balaban J connectivity index is 1.70. The summed E-state index contributed by atoms with van der Waals surface area (Å²) in [5.74, 6) is -0.635. The minimum absolute atomic E-state index is 0.0152. The van der Waals surface area contributed by atoms with Gasteiger partial charge in [-0.3, -0.25) is 9.67 Å². The Morgan fingerprint density at radius 1 is 1.10 bits per heavy atom. The van der Waals surface area contributed by atoms with E-state index < -0.39 is 27.7 Å². The number of quaternary nitrogens is 1. The average molecular weight is 441 g/mol. The highest BCUT2D eigenvalue weighted by Gasteiger charge is 2.33. The highest BCUT2D eigenvalue weighted by Crippen LogP contribution is 2.28. The smallest absolute Gasteiger partial charge is 0.262 e. The van der Waals surface area contributed by atoms with Gasteiger partial charge in [-0.1, -0.05) is 0 Å². The Morgan fingerprint density at radius 2 is 1.87 bits per heavy atom. The summed E-state index contributed by atoms with van der Waals surface area (Å²) in [6.45, 7) is 0. The third-order valence-electron chi connectivity index (χ3n) is 4.30. The van der Waals surface area contributed by atoms with E-state index in [0.29, 0.717) is 10.9 Å². The summed E-state index contributed by atoms with van der Waals surface area (Å²) in [6, 6.07) is 4.30. The second kappa shape index (κ2) is 6.88. The van der Waals surface area contributed by atoms with Gasteiger partial charge in [-0.2, -0.15) is 31.8 Å². The number of hydrogen-bond acceptors (Lipinski definition) is 5. The van der Waals surface area contributed by atoms with E-state index in [1.54, 1.807) is 7.05 Å². The number of aromatic nitrogens is 5. The Hall–Kier alpha value is -3.32. The van der Waals surface area contributed by atoms with E-state index in [1.807, 2.05) is 0 Å². The first-order valence-electron chi connectivity index (χ1n) is 8.34. The van der Waals surface area contributed by atoms with Gasteiger partial charge in [-0.05, 0) is 18.2 Å². The molecule has 4 rings (SSSR count). The van der Waals surface area contributed by atoms with Crippen LogP contribution in [-0.4, -0.2) is 33.0 Å². The summed E-state index contributed by atoms with van der Waals surface area (Å²) in [7, 11) is -2.51. The first kappa shape index (κ1) is 20.0. The molecule has 30 heavy (non-hydrogen) atoms. The topological polar surface area (TPSA) is 99.3 Å². The number of benzene rings is 1. The Morgan fingerprint density at radius 3 is 2.60 bits per heavy atom. The van der Waals surface area contributed by atoms with Crippen molar-refractivity contribution >= 4 is 26.6 Å². The second-order valence-corrected chi connectivity index (χ2v) is 8.18. The van der Waals surface area contributed by atoms with Crippen LogP contribution in [-0.2, 0) is 23.2 Å². The molecule has 13 heteroatoms. The van der Waals surface area contributed by atoms with Gasteiger partial charge >= 0.3 is 16.2 Å². The summed E-state index contributed by atoms with van der Waals surface area (Å²) in [6.07, 6.45) is -0.230. The van der Waals surface area contributed by atoms with Crippen LogP contribution in [0, 0.1) is 5.82 Å². The summed E-state index contributed by atoms with van der Waals surface area (Å²) in [5.41, 5.74) is -0.652. The number of pyridine rings is 1. The molecule has 0 aliphatic carbocycles. The molecule has 0 aliphatic heterocycles. The van der Waals surface area contributed by atoms with E-state index in [-0.39, 0.29) is 16.3 Å². The molecule has 0 atom stereocenters. The van der Waals surface area contributed by atoms with Gasteiger partial charge in [0, 0.05) is 24.7 Å². The van der Waals surface area contributed by atoms with E-state index in [9.17, 15) is 26.0 Å². The monoisotopic (exact) mass is 441 g/mol. The fourth-order valence-corrected chi connectivity index (χ4v) is 4.05. The maximum atomic E-state index is 13.9. The predicted octanol–water partition coefficient (Wildman–Crippen LogP) is 1.90. The van der Waals surface area contributed by atoms with Crippen LogP contribution in [0.3, 0.4) is 0 Å². The molecule has 3 aromatic heterocycles. The van der Waals surface area contributed by atoms with Crippen molar-refractivity contribution in [2.45, 2.75) is 11.1 Å². The lowest BCUT2D eigenvalue weighted by atomic mass is 10.2. The second-order valence-electron chi connectivity index (χ2n) is 6.38. The van der Waals surface area contributed by atoms with Crippen molar-refractivity contribution in [2.24, 2.45) is 7.05 Å². The Labute approximate surface area is 166 Å². The molecule has 0 aliphatic rings. The average Bonchev–Trinajstić information content (AvgIpc) is 3.29. The first-order chi connectivity index (χ1) is 14.0.